The molecule has 0 amide bonds. The first-order valence-electron chi connectivity index (χ1n) is 7.85. The summed E-state index contributed by atoms with van der Waals surface area (Å²) in [5, 5.41) is 0. The quantitative estimate of drug-likeness (QED) is 0.781. The Kier molecular flexibility index (Phi) is 5.80. The lowest BCUT2D eigenvalue weighted by Gasteiger charge is -2.27. The molecule has 0 bridgehead atoms. The van der Waals surface area contributed by atoms with Gasteiger partial charge < -0.3 is 4.90 Å². The maximum Gasteiger partial charge on any atom is 0.294 e. The SMILES string of the molecule is CCCN(Cc1cccc(S(=O)(=O)O)c1)c1ccccc1CC. The summed E-state index contributed by atoms with van der Waals surface area (Å²) in [5.41, 5.74) is 3.31. The minimum absolute atomic E-state index is 0.0600. The summed E-state index contributed by atoms with van der Waals surface area (Å²) in [4.78, 5) is 2.19. The highest BCUT2D eigenvalue weighted by atomic mass is 32.2. The molecule has 0 unspecified atom stereocenters. The van der Waals surface area contributed by atoms with Gasteiger partial charge in [-0.3, -0.25) is 4.55 Å². The van der Waals surface area contributed by atoms with Gasteiger partial charge >= 0.3 is 0 Å². The Hall–Kier alpha value is -1.85. The van der Waals surface area contributed by atoms with Crippen molar-refractivity contribution in [2.75, 3.05) is 11.4 Å². The van der Waals surface area contributed by atoms with E-state index in [0.29, 0.717) is 6.54 Å². The van der Waals surface area contributed by atoms with Crippen LogP contribution in [-0.2, 0) is 23.1 Å². The Labute approximate surface area is 138 Å². The Morgan fingerprint density at radius 3 is 2.43 bits per heavy atom. The van der Waals surface area contributed by atoms with Crippen molar-refractivity contribution in [2.24, 2.45) is 0 Å². The summed E-state index contributed by atoms with van der Waals surface area (Å²) in [6, 6.07) is 14.8. The normalized spacial score (nSPS) is 11.4. The van der Waals surface area contributed by atoms with Gasteiger partial charge in [0.1, 0.15) is 0 Å². The lowest BCUT2D eigenvalue weighted by atomic mass is 10.1. The number of hydrogen-bond acceptors (Lipinski definition) is 3. The molecule has 0 heterocycles. The molecular formula is C18H23NO3S. The summed E-state index contributed by atoms with van der Waals surface area (Å²) in [6.07, 6.45) is 1.94. The fourth-order valence-corrected chi connectivity index (χ4v) is 3.25. The molecule has 0 aliphatic carbocycles. The number of aryl methyl sites for hydroxylation is 1. The number of anilines is 1. The Morgan fingerprint density at radius 1 is 1.04 bits per heavy atom. The second-order valence-electron chi connectivity index (χ2n) is 5.53. The smallest absolute Gasteiger partial charge is 0.294 e. The van der Waals surface area contributed by atoms with Gasteiger partial charge in [-0.25, -0.2) is 0 Å². The number of benzene rings is 2. The Balaban J connectivity index is 2.33. The monoisotopic (exact) mass is 333 g/mol. The van der Waals surface area contributed by atoms with Crippen LogP contribution in [0, 0.1) is 0 Å². The molecule has 4 nitrogen and oxygen atoms in total. The molecular weight excluding hydrogens is 310 g/mol. The van der Waals surface area contributed by atoms with E-state index in [4.69, 9.17) is 0 Å². The molecule has 23 heavy (non-hydrogen) atoms. The summed E-state index contributed by atoms with van der Waals surface area (Å²) < 4.78 is 31.8. The van der Waals surface area contributed by atoms with Gasteiger partial charge in [0.25, 0.3) is 10.1 Å². The van der Waals surface area contributed by atoms with E-state index in [1.54, 1.807) is 6.07 Å². The van der Waals surface area contributed by atoms with E-state index in [2.05, 4.69) is 30.9 Å². The number of hydrogen-bond donors (Lipinski definition) is 1. The van der Waals surface area contributed by atoms with E-state index >= 15 is 0 Å². The predicted molar refractivity (Wildman–Crippen MR) is 93.4 cm³/mol. The Morgan fingerprint density at radius 2 is 1.78 bits per heavy atom. The van der Waals surface area contributed by atoms with Crippen LogP contribution in [0.15, 0.2) is 53.4 Å². The van der Waals surface area contributed by atoms with Crippen LogP contribution >= 0.6 is 0 Å². The highest BCUT2D eigenvalue weighted by Crippen LogP contribution is 2.24. The molecule has 0 aliphatic heterocycles. The molecule has 2 aromatic rings. The van der Waals surface area contributed by atoms with E-state index in [1.807, 2.05) is 18.2 Å². The number of para-hydroxylation sites is 1. The van der Waals surface area contributed by atoms with E-state index in [9.17, 15) is 13.0 Å². The van der Waals surface area contributed by atoms with Crippen molar-refractivity contribution in [3.63, 3.8) is 0 Å². The zero-order chi connectivity index (χ0) is 16.9. The minimum atomic E-state index is -4.17. The van der Waals surface area contributed by atoms with Crippen LogP contribution in [0.5, 0.6) is 0 Å². The fourth-order valence-electron chi connectivity index (χ4n) is 2.70. The van der Waals surface area contributed by atoms with Crippen LogP contribution in [0.3, 0.4) is 0 Å². The summed E-state index contributed by atoms with van der Waals surface area (Å²) in [5.74, 6) is 0. The van der Waals surface area contributed by atoms with Gasteiger partial charge in [0.05, 0.1) is 4.90 Å². The third kappa shape index (κ3) is 4.56. The predicted octanol–water partition coefficient (Wildman–Crippen LogP) is 3.91. The molecule has 124 valence electrons. The molecule has 2 aromatic carbocycles. The molecule has 5 heteroatoms. The molecule has 0 fully saturated rings. The van der Waals surface area contributed by atoms with Crippen molar-refractivity contribution in [3.8, 4) is 0 Å². The van der Waals surface area contributed by atoms with Crippen molar-refractivity contribution >= 4 is 15.8 Å². The van der Waals surface area contributed by atoms with Gasteiger partial charge in [-0.15, -0.1) is 0 Å². The molecule has 0 aromatic heterocycles. The molecule has 0 atom stereocenters. The molecule has 0 spiro atoms. The van der Waals surface area contributed by atoms with Crippen LogP contribution in [0.25, 0.3) is 0 Å². The third-order valence-corrected chi connectivity index (χ3v) is 4.63. The lowest BCUT2D eigenvalue weighted by Crippen LogP contribution is -2.24. The molecule has 0 saturated heterocycles. The van der Waals surface area contributed by atoms with Gasteiger partial charge in [0, 0.05) is 18.8 Å². The van der Waals surface area contributed by atoms with Crippen molar-refractivity contribution < 1.29 is 13.0 Å². The van der Waals surface area contributed by atoms with Gasteiger partial charge in [-0.05, 0) is 42.2 Å². The maximum absolute atomic E-state index is 11.3. The fraction of sp³-hybridized carbons (Fsp3) is 0.333. The first kappa shape index (κ1) is 17.5. The molecule has 1 N–H and O–H groups in total. The minimum Gasteiger partial charge on any atom is -0.367 e. The van der Waals surface area contributed by atoms with Crippen molar-refractivity contribution in [3.05, 3.63) is 59.7 Å². The highest BCUT2D eigenvalue weighted by molar-refractivity contribution is 7.85. The van der Waals surface area contributed by atoms with E-state index in [0.717, 1.165) is 24.9 Å². The number of nitrogens with zero attached hydrogens (tertiary/aromatic N) is 1. The van der Waals surface area contributed by atoms with Crippen LogP contribution in [0.4, 0.5) is 5.69 Å². The van der Waals surface area contributed by atoms with Crippen LogP contribution in [0.2, 0.25) is 0 Å². The number of rotatable bonds is 7. The van der Waals surface area contributed by atoms with Gasteiger partial charge in [0.15, 0.2) is 0 Å². The van der Waals surface area contributed by atoms with Crippen LogP contribution < -0.4 is 4.90 Å². The van der Waals surface area contributed by atoms with Gasteiger partial charge in [-0.1, -0.05) is 44.2 Å². The van der Waals surface area contributed by atoms with Gasteiger partial charge in [0.2, 0.25) is 0 Å². The molecule has 0 aliphatic rings. The van der Waals surface area contributed by atoms with E-state index in [1.165, 1.54) is 23.4 Å². The average Bonchev–Trinajstić information content (AvgIpc) is 2.54. The van der Waals surface area contributed by atoms with Crippen molar-refractivity contribution in [2.45, 2.75) is 38.1 Å². The maximum atomic E-state index is 11.3. The second kappa shape index (κ2) is 7.62. The lowest BCUT2D eigenvalue weighted by molar-refractivity contribution is 0.483. The third-order valence-electron chi connectivity index (χ3n) is 3.78. The summed E-state index contributed by atoms with van der Waals surface area (Å²) >= 11 is 0. The molecule has 0 radical (unpaired) electrons. The van der Waals surface area contributed by atoms with E-state index < -0.39 is 10.1 Å². The zero-order valence-electron chi connectivity index (χ0n) is 13.6. The summed E-state index contributed by atoms with van der Waals surface area (Å²) in [6.45, 7) is 5.74. The first-order valence-corrected chi connectivity index (χ1v) is 9.29. The Bertz CT molecular complexity index is 756. The summed E-state index contributed by atoms with van der Waals surface area (Å²) in [7, 11) is -4.17. The van der Waals surface area contributed by atoms with Crippen LogP contribution in [0.1, 0.15) is 31.4 Å². The standard InChI is InChI=1S/C18H23NO3S/c1-3-12-19(18-11-6-5-9-16(18)4-2)14-15-8-7-10-17(13-15)23(20,21)22/h5-11,13H,3-4,12,14H2,1-2H3,(H,20,21,22). The highest BCUT2D eigenvalue weighted by Gasteiger charge is 2.13. The van der Waals surface area contributed by atoms with Crippen LogP contribution in [-0.4, -0.2) is 19.5 Å². The van der Waals surface area contributed by atoms with E-state index in [-0.39, 0.29) is 4.90 Å². The van der Waals surface area contributed by atoms with Crippen molar-refractivity contribution in [1.29, 1.82) is 0 Å². The topological polar surface area (TPSA) is 57.6 Å². The largest absolute Gasteiger partial charge is 0.367 e. The average molecular weight is 333 g/mol. The van der Waals surface area contributed by atoms with Gasteiger partial charge in [-0.2, -0.15) is 8.42 Å². The molecule has 0 saturated carbocycles. The second-order valence-corrected chi connectivity index (χ2v) is 6.95. The first-order chi connectivity index (χ1) is 11.0. The van der Waals surface area contributed by atoms with Crippen molar-refractivity contribution in [1.82, 2.24) is 0 Å². The molecule has 2 rings (SSSR count). The zero-order valence-corrected chi connectivity index (χ0v) is 14.4.